The monoisotopic (exact) mass is 536 g/mol. The molecule has 0 bridgehead atoms. The molecule has 0 spiro atoms. The number of halogens is 2. The average molecular weight is 537 g/mol. The van der Waals surface area contributed by atoms with E-state index in [-0.39, 0.29) is 30.0 Å². The van der Waals surface area contributed by atoms with Crippen LogP contribution in [0, 0.1) is 0 Å². The Morgan fingerprint density at radius 1 is 1.17 bits per heavy atom. The Bertz CT molecular complexity index is 1010. The largest absolute Gasteiger partial charge is 0.357 e. The molecule has 2 aromatic heterocycles. The number of nitrogens with one attached hydrogen (secondary N) is 2. The summed E-state index contributed by atoms with van der Waals surface area (Å²) in [5.41, 5.74) is 0.980. The minimum absolute atomic E-state index is 0. The molecule has 1 fully saturated rings. The van der Waals surface area contributed by atoms with Crippen LogP contribution in [0.15, 0.2) is 59.9 Å². The SMILES string of the molecule is CCNC(=NCc1nccc2ccccc12)NC1CCN(c2ncccc2Cl)C1.I. The van der Waals surface area contributed by atoms with Gasteiger partial charge in [-0.1, -0.05) is 35.9 Å². The Hall–Kier alpha value is -2.13. The lowest BCUT2D eigenvalue weighted by Gasteiger charge is -2.20. The predicted octanol–water partition coefficient (Wildman–Crippen LogP) is 4.24. The zero-order valence-electron chi connectivity index (χ0n) is 16.9. The van der Waals surface area contributed by atoms with Crippen LogP contribution in [0.3, 0.4) is 0 Å². The highest BCUT2D eigenvalue weighted by Crippen LogP contribution is 2.25. The predicted molar refractivity (Wildman–Crippen MR) is 135 cm³/mol. The van der Waals surface area contributed by atoms with Gasteiger partial charge in [0.25, 0.3) is 0 Å². The summed E-state index contributed by atoms with van der Waals surface area (Å²) in [6.45, 7) is 5.16. The van der Waals surface area contributed by atoms with Gasteiger partial charge >= 0.3 is 0 Å². The van der Waals surface area contributed by atoms with Gasteiger partial charge in [-0.3, -0.25) is 4.98 Å². The lowest BCUT2D eigenvalue weighted by atomic mass is 10.1. The van der Waals surface area contributed by atoms with Crippen LogP contribution in [0.2, 0.25) is 5.02 Å². The van der Waals surface area contributed by atoms with Crippen LogP contribution >= 0.6 is 35.6 Å². The first-order chi connectivity index (χ1) is 14.2. The molecule has 2 N–H and O–H groups in total. The molecule has 1 saturated heterocycles. The van der Waals surface area contributed by atoms with Gasteiger partial charge in [-0.05, 0) is 36.9 Å². The van der Waals surface area contributed by atoms with E-state index in [1.54, 1.807) is 6.20 Å². The van der Waals surface area contributed by atoms with Gasteiger partial charge in [0.05, 0.1) is 17.3 Å². The van der Waals surface area contributed by atoms with Gasteiger partial charge in [0.2, 0.25) is 0 Å². The maximum atomic E-state index is 6.31. The zero-order chi connectivity index (χ0) is 20.1. The van der Waals surface area contributed by atoms with Crippen molar-refractivity contribution in [3.05, 3.63) is 65.6 Å². The molecule has 8 heteroatoms. The van der Waals surface area contributed by atoms with Gasteiger partial charge in [0.1, 0.15) is 5.82 Å². The maximum absolute atomic E-state index is 6.31. The summed E-state index contributed by atoms with van der Waals surface area (Å²) in [6.07, 6.45) is 4.63. The maximum Gasteiger partial charge on any atom is 0.191 e. The van der Waals surface area contributed by atoms with E-state index in [0.717, 1.165) is 48.9 Å². The molecule has 0 saturated carbocycles. The molecule has 4 rings (SSSR count). The van der Waals surface area contributed by atoms with Crippen LogP contribution in [0.1, 0.15) is 19.0 Å². The van der Waals surface area contributed by atoms with Gasteiger partial charge < -0.3 is 15.5 Å². The first-order valence-corrected chi connectivity index (χ1v) is 10.4. The number of pyridine rings is 2. The Kier molecular flexibility index (Phi) is 8.09. The van der Waals surface area contributed by atoms with E-state index in [9.17, 15) is 0 Å². The van der Waals surface area contributed by atoms with Crippen molar-refractivity contribution in [1.29, 1.82) is 0 Å². The summed E-state index contributed by atoms with van der Waals surface area (Å²) < 4.78 is 0. The van der Waals surface area contributed by atoms with Crippen LogP contribution in [-0.2, 0) is 6.54 Å². The van der Waals surface area contributed by atoms with Crippen LogP contribution in [-0.4, -0.2) is 41.6 Å². The van der Waals surface area contributed by atoms with Gasteiger partial charge in [-0.15, -0.1) is 24.0 Å². The van der Waals surface area contributed by atoms with E-state index in [1.807, 2.05) is 36.5 Å². The number of aliphatic imine (C=N–C) groups is 1. The van der Waals surface area contributed by atoms with Gasteiger partial charge in [-0.2, -0.15) is 0 Å². The number of aromatic nitrogens is 2. The molecule has 3 aromatic rings. The second-order valence-electron chi connectivity index (χ2n) is 7.06. The number of rotatable bonds is 5. The van der Waals surface area contributed by atoms with Crippen LogP contribution in [0.25, 0.3) is 10.8 Å². The lowest BCUT2D eigenvalue weighted by Crippen LogP contribution is -2.44. The Labute approximate surface area is 199 Å². The Morgan fingerprint density at radius 2 is 2.03 bits per heavy atom. The second kappa shape index (κ2) is 10.8. The number of hydrogen-bond acceptors (Lipinski definition) is 4. The first kappa shape index (κ1) is 22.6. The molecule has 1 unspecified atom stereocenters. The minimum atomic E-state index is 0. The van der Waals surface area contributed by atoms with Gasteiger partial charge in [0, 0.05) is 43.5 Å². The third-order valence-corrected chi connectivity index (χ3v) is 5.35. The van der Waals surface area contributed by atoms with E-state index < -0.39 is 0 Å². The van der Waals surface area contributed by atoms with Crippen molar-refractivity contribution in [2.45, 2.75) is 25.9 Å². The summed E-state index contributed by atoms with van der Waals surface area (Å²) in [7, 11) is 0. The fourth-order valence-corrected chi connectivity index (χ4v) is 3.90. The fourth-order valence-electron chi connectivity index (χ4n) is 3.66. The molecule has 0 radical (unpaired) electrons. The highest BCUT2D eigenvalue weighted by atomic mass is 127. The molecule has 1 aliphatic heterocycles. The molecule has 1 aliphatic rings. The standard InChI is InChI=1S/C22H25ClN6.HI/c1-2-24-22(27-14-20-18-7-4-3-6-16(18)9-12-25-20)28-17-10-13-29(15-17)21-19(23)8-5-11-26-21;/h3-9,11-12,17H,2,10,13-15H2,1H3,(H2,24,27,28);1H. The van der Waals surface area contributed by atoms with E-state index in [1.165, 1.54) is 5.39 Å². The molecule has 0 amide bonds. The number of fused-ring (bicyclic) bond motifs is 1. The van der Waals surface area contributed by atoms with Crippen LogP contribution in [0.4, 0.5) is 5.82 Å². The second-order valence-corrected chi connectivity index (χ2v) is 7.47. The van der Waals surface area contributed by atoms with Gasteiger partial charge in [-0.25, -0.2) is 9.98 Å². The van der Waals surface area contributed by atoms with E-state index in [4.69, 9.17) is 16.6 Å². The van der Waals surface area contributed by atoms with E-state index in [0.29, 0.717) is 11.6 Å². The number of nitrogens with zero attached hydrogens (tertiary/aromatic N) is 4. The van der Waals surface area contributed by atoms with E-state index in [2.05, 4.69) is 44.6 Å². The van der Waals surface area contributed by atoms with Crippen molar-refractivity contribution in [2.75, 3.05) is 24.5 Å². The highest BCUT2D eigenvalue weighted by Gasteiger charge is 2.25. The van der Waals surface area contributed by atoms with Crippen molar-refractivity contribution >= 4 is 58.1 Å². The van der Waals surface area contributed by atoms with Crippen molar-refractivity contribution in [3.8, 4) is 0 Å². The van der Waals surface area contributed by atoms with Crippen LogP contribution < -0.4 is 15.5 Å². The summed E-state index contributed by atoms with van der Waals surface area (Å²) in [4.78, 5) is 16.0. The lowest BCUT2D eigenvalue weighted by molar-refractivity contribution is 0.648. The summed E-state index contributed by atoms with van der Waals surface area (Å²) in [5.74, 6) is 1.65. The number of anilines is 1. The molecule has 3 heterocycles. The zero-order valence-corrected chi connectivity index (χ0v) is 20.0. The van der Waals surface area contributed by atoms with Crippen LogP contribution in [0.5, 0.6) is 0 Å². The first-order valence-electron chi connectivity index (χ1n) is 9.97. The summed E-state index contributed by atoms with van der Waals surface area (Å²) in [5, 5.41) is 9.92. The molecular formula is C22H26ClIN6. The normalized spacial score (nSPS) is 16.4. The van der Waals surface area contributed by atoms with Crippen molar-refractivity contribution < 1.29 is 0 Å². The molecule has 0 aliphatic carbocycles. The number of benzene rings is 1. The van der Waals surface area contributed by atoms with E-state index >= 15 is 0 Å². The summed E-state index contributed by atoms with van der Waals surface area (Å²) in [6, 6.07) is 14.3. The number of guanidine groups is 1. The summed E-state index contributed by atoms with van der Waals surface area (Å²) >= 11 is 6.31. The molecule has 1 atom stereocenters. The fraction of sp³-hybridized carbons (Fsp3) is 0.318. The Balaban J connectivity index is 0.00000256. The smallest absolute Gasteiger partial charge is 0.191 e. The highest BCUT2D eigenvalue weighted by molar-refractivity contribution is 14.0. The Morgan fingerprint density at radius 3 is 2.87 bits per heavy atom. The quantitative estimate of drug-likeness (QED) is 0.290. The van der Waals surface area contributed by atoms with Crippen molar-refractivity contribution in [1.82, 2.24) is 20.6 Å². The molecule has 6 nitrogen and oxygen atoms in total. The minimum Gasteiger partial charge on any atom is -0.357 e. The molecule has 30 heavy (non-hydrogen) atoms. The van der Waals surface area contributed by atoms with Crippen molar-refractivity contribution in [2.24, 2.45) is 4.99 Å². The molecular weight excluding hydrogens is 511 g/mol. The van der Waals surface area contributed by atoms with Gasteiger partial charge in [0.15, 0.2) is 5.96 Å². The molecule has 158 valence electrons. The molecule has 1 aromatic carbocycles. The topological polar surface area (TPSA) is 65.4 Å². The number of hydrogen-bond donors (Lipinski definition) is 2. The average Bonchev–Trinajstić information content (AvgIpc) is 3.20. The van der Waals surface area contributed by atoms with Crippen molar-refractivity contribution in [3.63, 3.8) is 0 Å². The third kappa shape index (κ3) is 5.31. The third-order valence-electron chi connectivity index (χ3n) is 5.06.